The zero-order valence-electron chi connectivity index (χ0n) is 8.78. The van der Waals surface area contributed by atoms with E-state index in [0.717, 1.165) is 5.56 Å². The summed E-state index contributed by atoms with van der Waals surface area (Å²) in [7, 11) is 0. The number of benzene rings is 1. The third kappa shape index (κ3) is 1.85. The Morgan fingerprint density at radius 2 is 1.88 bits per heavy atom. The molecule has 1 N–H and O–H groups in total. The quantitative estimate of drug-likeness (QED) is 0.775. The van der Waals surface area contributed by atoms with Gasteiger partial charge in [0.1, 0.15) is 6.10 Å². The molecule has 2 saturated heterocycles. The second kappa shape index (κ2) is 4.14. The van der Waals surface area contributed by atoms with Crippen molar-refractivity contribution >= 4 is 0 Å². The molecule has 0 amide bonds. The van der Waals surface area contributed by atoms with Crippen molar-refractivity contribution in [2.24, 2.45) is 0 Å². The lowest BCUT2D eigenvalue weighted by molar-refractivity contribution is -0.248. The Labute approximate surface area is 93.7 Å². The lowest BCUT2D eigenvalue weighted by Crippen LogP contribution is -2.37. The van der Waals surface area contributed by atoms with Crippen molar-refractivity contribution in [2.75, 3.05) is 6.61 Å². The summed E-state index contributed by atoms with van der Waals surface area (Å²) in [6, 6.07) is 9.80. The van der Waals surface area contributed by atoms with E-state index in [0.29, 0.717) is 13.0 Å². The van der Waals surface area contributed by atoms with Crippen LogP contribution in [-0.2, 0) is 14.2 Å². The van der Waals surface area contributed by atoms with Crippen LogP contribution >= 0.6 is 0 Å². The molecule has 0 spiro atoms. The van der Waals surface area contributed by atoms with Gasteiger partial charge in [-0.05, 0) is 0 Å². The van der Waals surface area contributed by atoms with Crippen LogP contribution in [0.25, 0.3) is 0 Å². The summed E-state index contributed by atoms with van der Waals surface area (Å²) in [4.78, 5) is 0. The molecule has 2 aliphatic rings. The van der Waals surface area contributed by atoms with Gasteiger partial charge in [-0.25, -0.2) is 0 Å². The maximum absolute atomic E-state index is 9.36. The molecule has 1 aromatic carbocycles. The van der Waals surface area contributed by atoms with Crippen LogP contribution in [0.4, 0.5) is 0 Å². The molecule has 2 aliphatic heterocycles. The molecule has 4 atom stereocenters. The van der Waals surface area contributed by atoms with Gasteiger partial charge in [0.15, 0.2) is 12.6 Å². The van der Waals surface area contributed by atoms with E-state index in [1.54, 1.807) is 0 Å². The molecule has 0 saturated carbocycles. The fourth-order valence-corrected chi connectivity index (χ4v) is 2.15. The summed E-state index contributed by atoms with van der Waals surface area (Å²) < 4.78 is 16.6. The lowest BCUT2D eigenvalue weighted by atomic mass is 10.1. The molecule has 0 bridgehead atoms. The Bertz CT molecular complexity index is 353. The Balaban J connectivity index is 1.72. The molecule has 0 unspecified atom stereocenters. The number of ether oxygens (including phenoxy) is 3. The Morgan fingerprint density at radius 1 is 1.06 bits per heavy atom. The number of hydrogen-bond donors (Lipinski definition) is 1. The van der Waals surface area contributed by atoms with Crippen LogP contribution in [0.15, 0.2) is 30.3 Å². The number of hydrogen-bond acceptors (Lipinski definition) is 4. The molecular weight excluding hydrogens is 208 g/mol. The predicted octanol–water partition coefficient (Wildman–Crippen LogP) is 1.21. The second-order valence-corrected chi connectivity index (χ2v) is 4.12. The van der Waals surface area contributed by atoms with E-state index in [9.17, 15) is 5.11 Å². The number of rotatable bonds is 1. The highest BCUT2D eigenvalue weighted by Crippen LogP contribution is 2.33. The summed E-state index contributed by atoms with van der Waals surface area (Å²) in [5.41, 5.74) is 1.00. The zero-order chi connectivity index (χ0) is 11.0. The van der Waals surface area contributed by atoms with E-state index in [-0.39, 0.29) is 18.5 Å². The Morgan fingerprint density at radius 3 is 2.69 bits per heavy atom. The number of fused-ring (bicyclic) bond motifs is 1. The summed E-state index contributed by atoms with van der Waals surface area (Å²) in [5.74, 6) is 0. The molecule has 2 fully saturated rings. The molecule has 0 aromatic heterocycles. The highest BCUT2D eigenvalue weighted by Gasteiger charge is 2.41. The van der Waals surface area contributed by atoms with E-state index in [1.807, 2.05) is 30.3 Å². The van der Waals surface area contributed by atoms with Gasteiger partial charge in [-0.1, -0.05) is 30.3 Å². The molecular formula is C12H14O4. The first-order valence-electron chi connectivity index (χ1n) is 5.48. The SMILES string of the molecule is O[C@H]1C[C@H]2O[C@@H](c3ccccc3)OC[C@H]2O1. The third-order valence-corrected chi connectivity index (χ3v) is 2.96. The third-order valence-electron chi connectivity index (χ3n) is 2.96. The van der Waals surface area contributed by atoms with Crippen molar-refractivity contribution in [1.82, 2.24) is 0 Å². The van der Waals surface area contributed by atoms with Crippen LogP contribution in [0.5, 0.6) is 0 Å². The standard InChI is InChI=1S/C12H14O4/c13-11-6-9-10(15-11)7-14-12(16-9)8-4-2-1-3-5-8/h1-5,9-13H,6-7H2/t9-,10-,11-,12+/m1/s1. The Hall–Kier alpha value is -0.940. The monoisotopic (exact) mass is 222 g/mol. The van der Waals surface area contributed by atoms with E-state index >= 15 is 0 Å². The molecule has 3 rings (SSSR count). The van der Waals surface area contributed by atoms with Crippen LogP contribution in [0.1, 0.15) is 18.3 Å². The van der Waals surface area contributed by atoms with Crippen LogP contribution in [0.2, 0.25) is 0 Å². The van der Waals surface area contributed by atoms with Gasteiger partial charge in [0.2, 0.25) is 0 Å². The fourth-order valence-electron chi connectivity index (χ4n) is 2.15. The molecule has 4 nitrogen and oxygen atoms in total. The fraction of sp³-hybridized carbons (Fsp3) is 0.500. The summed E-state index contributed by atoms with van der Waals surface area (Å²) in [5, 5.41) is 9.36. The highest BCUT2D eigenvalue weighted by molar-refractivity contribution is 5.16. The number of aliphatic hydroxyl groups is 1. The molecule has 4 heteroatoms. The maximum Gasteiger partial charge on any atom is 0.184 e. The van der Waals surface area contributed by atoms with Gasteiger partial charge in [0.25, 0.3) is 0 Å². The second-order valence-electron chi connectivity index (χ2n) is 4.12. The summed E-state index contributed by atoms with van der Waals surface area (Å²) >= 11 is 0. The van der Waals surface area contributed by atoms with E-state index < -0.39 is 6.29 Å². The first-order valence-corrected chi connectivity index (χ1v) is 5.48. The normalized spacial score (nSPS) is 38.3. The van der Waals surface area contributed by atoms with Gasteiger partial charge >= 0.3 is 0 Å². The molecule has 0 aliphatic carbocycles. The van der Waals surface area contributed by atoms with Gasteiger partial charge in [-0.3, -0.25) is 0 Å². The zero-order valence-corrected chi connectivity index (χ0v) is 8.78. The minimum atomic E-state index is -0.715. The molecule has 16 heavy (non-hydrogen) atoms. The predicted molar refractivity (Wildman–Crippen MR) is 55.5 cm³/mol. The van der Waals surface area contributed by atoms with Crippen molar-refractivity contribution in [3.8, 4) is 0 Å². The summed E-state index contributed by atoms with van der Waals surface area (Å²) in [6.45, 7) is 0.473. The molecule has 2 heterocycles. The largest absolute Gasteiger partial charge is 0.368 e. The minimum absolute atomic E-state index is 0.0612. The highest BCUT2D eigenvalue weighted by atomic mass is 16.7. The first kappa shape index (κ1) is 10.2. The Kier molecular flexibility index (Phi) is 2.65. The molecule has 1 aromatic rings. The van der Waals surface area contributed by atoms with Gasteiger partial charge < -0.3 is 19.3 Å². The summed E-state index contributed by atoms with van der Waals surface area (Å²) in [6.07, 6.45) is -0.717. The average Bonchev–Trinajstić information content (AvgIpc) is 2.69. The van der Waals surface area contributed by atoms with Gasteiger partial charge in [-0.15, -0.1) is 0 Å². The van der Waals surface area contributed by atoms with Crippen molar-refractivity contribution in [1.29, 1.82) is 0 Å². The van der Waals surface area contributed by atoms with Crippen LogP contribution in [0.3, 0.4) is 0 Å². The maximum atomic E-state index is 9.36. The average molecular weight is 222 g/mol. The smallest absolute Gasteiger partial charge is 0.184 e. The molecule has 0 radical (unpaired) electrons. The van der Waals surface area contributed by atoms with Crippen LogP contribution in [0, 0.1) is 0 Å². The van der Waals surface area contributed by atoms with Gasteiger partial charge in [0.05, 0.1) is 12.7 Å². The van der Waals surface area contributed by atoms with Crippen molar-refractivity contribution in [3.05, 3.63) is 35.9 Å². The molecule has 86 valence electrons. The van der Waals surface area contributed by atoms with E-state index in [4.69, 9.17) is 14.2 Å². The van der Waals surface area contributed by atoms with Crippen molar-refractivity contribution in [3.63, 3.8) is 0 Å². The van der Waals surface area contributed by atoms with E-state index in [2.05, 4.69) is 0 Å². The van der Waals surface area contributed by atoms with Crippen LogP contribution < -0.4 is 0 Å². The topological polar surface area (TPSA) is 47.9 Å². The van der Waals surface area contributed by atoms with Gasteiger partial charge in [-0.2, -0.15) is 0 Å². The van der Waals surface area contributed by atoms with Crippen molar-refractivity contribution < 1.29 is 19.3 Å². The minimum Gasteiger partial charge on any atom is -0.368 e. The van der Waals surface area contributed by atoms with E-state index in [1.165, 1.54) is 0 Å². The van der Waals surface area contributed by atoms with Gasteiger partial charge in [0, 0.05) is 12.0 Å². The number of aliphatic hydroxyl groups excluding tert-OH is 1. The van der Waals surface area contributed by atoms with Crippen molar-refractivity contribution in [2.45, 2.75) is 31.2 Å². The lowest BCUT2D eigenvalue weighted by Gasteiger charge is -2.31. The van der Waals surface area contributed by atoms with Crippen LogP contribution in [-0.4, -0.2) is 30.2 Å². The first-order chi connectivity index (χ1) is 7.83.